The summed E-state index contributed by atoms with van der Waals surface area (Å²) >= 11 is 14.9. The van der Waals surface area contributed by atoms with Crippen LogP contribution in [0.25, 0.3) is 0 Å². The van der Waals surface area contributed by atoms with Gasteiger partial charge in [0.1, 0.15) is 0 Å². The molecule has 0 nitrogen and oxygen atoms in total. The largest absolute Gasteiger partial charge is 0.120 e. The van der Waals surface area contributed by atoms with Crippen LogP contribution in [-0.4, -0.2) is 10.8 Å². The first-order chi connectivity index (χ1) is 22.7. The molecule has 0 saturated carbocycles. The van der Waals surface area contributed by atoms with Crippen LogP contribution in [0.4, 0.5) is 0 Å². The highest BCUT2D eigenvalue weighted by molar-refractivity contribution is 6.31. The minimum atomic E-state index is -0.150. The van der Waals surface area contributed by atoms with E-state index in [9.17, 15) is 0 Å². The molecule has 6 aromatic carbocycles. The number of halogens is 2. The molecule has 6 aromatic rings. The Labute approximate surface area is 278 Å². The van der Waals surface area contributed by atoms with E-state index in [1.807, 2.05) is 0 Å². The van der Waals surface area contributed by atoms with Gasteiger partial charge in [0.2, 0.25) is 0 Å². The van der Waals surface area contributed by atoms with Crippen molar-refractivity contribution >= 4 is 23.2 Å². The van der Waals surface area contributed by atoms with Crippen LogP contribution in [0.1, 0.15) is 125 Å². The zero-order valence-electron chi connectivity index (χ0n) is 24.9. The third-order valence-corrected chi connectivity index (χ3v) is 13.8. The number of alkyl halides is 2. The van der Waals surface area contributed by atoms with E-state index >= 15 is 0 Å². The maximum atomic E-state index is 7.44. The fourth-order valence-corrected chi connectivity index (χ4v) is 11.8. The first kappa shape index (κ1) is 25.0. The predicted molar refractivity (Wildman–Crippen MR) is 185 cm³/mol. The number of hydrogen-bond acceptors (Lipinski definition) is 0. The highest BCUT2D eigenvalue weighted by atomic mass is 35.5. The Morgan fingerprint density at radius 1 is 0.261 bits per heavy atom. The third kappa shape index (κ3) is 2.76. The summed E-state index contributed by atoms with van der Waals surface area (Å²) in [6.45, 7) is 0. The molecule has 15 rings (SSSR count). The van der Waals surface area contributed by atoms with Crippen molar-refractivity contribution in [1.82, 2.24) is 0 Å². The molecule has 0 aliphatic heterocycles. The van der Waals surface area contributed by atoms with Crippen molar-refractivity contribution in [3.8, 4) is 0 Å². The van der Waals surface area contributed by atoms with E-state index < -0.39 is 0 Å². The van der Waals surface area contributed by atoms with Gasteiger partial charge in [-0.15, -0.1) is 23.2 Å². The van der Waals surface area contributed by atoms with Crippen molar-refractivity contribution in [1.29, 1.82) is 0 Å². The van der Waals surface area contributed by atoms with Crippen molar-refractivity contribution < 1.29 is 0 Å². The van der Waals surface area contributed by atoms with Crippen molar-refractivity contribution in [2.24, 2.45) is 0 Å². The molecule has 0 saturated heterocycles. The van der Waals surface area contributed by atoms with E-state index in [4.69, 9.17) is 23.2 Å². The molecule has 2 unspecified atom stereocenters. The lowest BCUT2D eigenvalue weighted by Crippen LogP contribution is -2.43. The minimum Gasteiger partial charge on any atom is -0.120 e. The van der Waals surface area contributed by atoms with Crippen LogP contribution < -0.4 is 0 Å². The van der Waals surface area contributed by atoms with Crippen LogP contribution in [0.15, 0.2) is 121 Å². The molecule has 0 N–H and O–H groups in total. The topological polar surface area (TPSA) is 0 Å². The third-order valence-electron chi connectivity index (χ3n) is 12.6. The normalized spacial score (nSPS) is 28.7. The highest BCUT2D eigenvalue weighted by Gasteiger charge is 2.52. The quantitative estimate of drug-likeness (QED) is 0.147. The molecule has 0 radical (unpaired) electrons. The standard InChI is InChI=1S/C44H28Cl2/c45-43-41-33-17-29-30(38-22-10-2-1-9-21(22)37(29)23-11-3-4-12-24(23)38)18-34(33)42(44(43)46)36-20-32-31(19-35(36)41)39-25-13-5-7-15-27(25)40(32)28-16-8-6-14-26(28)39/h1-20,37-44H. The number of hydrogen-bond donors (Lipinski definition) is 0. The molecule has 9 aliphatic carbocycles. The zero-order valence-corrected chi connectivity index (χ0v) is 26.4. The Morgan fingerprint density at radius 2 is 0.457 bits per heavy atom. The molecule has 218 valence electrons. The second-order valence-electron chi connectivity index (χ2n) is 14.3. The van der Waals surface area contributed by atoms with Gasteiger partial charge in [0.15, 0.2) is 0 Å². The van der Waals surface area contributed by atoms with Crippen molar-refractivity contribution in [2.75, 3.05) is 0 Å². The Bertz CT molecular complexity index is 1950. The number of fused-ring (bicyclic) bond motifs is 1. The summed E-state index contributed by atoms with van der Waals surface area (Å²) in [5.74, 6) is 1.17. The Morgan fingerprint density at radius 3 is 0.652 bits per heavy atom. The van der Waals surface area contributed by atoms with Gasteiger partial charge < -0.3 is 0 Å². The molecule has 0 aromatic heterocycles. The summed E-state index contributed by atoms with van der Waals surface area (Å²) in [5.41, 5.74) is 23.1. The molecule has 2 atom stereocenters. The summed E-state index contributed by atoms with van der Waals surface area (Å²) in [4.78, 5) is 0. The lowest BCUT2D eigenvalue weighted by atomic mass is 9.55. The summed E-state index contributed by atoms with van der Waals surface area (Å²) in [6.07, 6.45) is 0. The van der Waals surface area contributed by atoms with Gasteiger partial charge >= 0.3 is 0 Å². The summed E-state index contributed by atoms with van der Waals surface area (Å²) in [7, 11) is 0. The summed E-state index contributed by atoms with van der Waals surface area (Å²) in [5, 5.41) is -0.299. The van der Waals surface area contributed by atoms with E-state index in [-0.39, 0.29) is 46.3 Å². The molecular weight excluding hydrogens is 599 g/mol. The molecule has 6 bridgehead atoms. The number of rotatable bonds is 0. The molecule has 0 fully saturated rings. The van der Waals surface area contributed by atoms with E-state index in [1.54, 1.807) is 0 Å². The van der Waals surface area contributed by atoms with E-state index in [0.717, 1.165) is 0 Å². The molecule has 0 amide bonds. The summed E-state index contributed by atoms with van der Waals surface area (Å²) < 4.78 is 0. The van der Waals surface area contributed by atoms with Crippen LogP contribution >= 0.6 is 23.2 Å². The van der Waals surface area contributed by atoms with Gasteiger partial charge in [-0.2, -0.15) is 0 Å². The van der Waals surface area contributed by atoms with Gasteiger partial charge in [-0.3, -0.25) is 0 Å². The Balaban J connectivity index is 1.10. The van der Waals surface area contributed by atoms with E-state index in [2.05, 4.69) is 121 Å². The fraction of sp³-hybridized carbons (Fsp3) is 0.182. The average Bonchev–Trinajstić information content (AvgIpc) is 3.11. The Hall–Kier alpha value is -4.10. The maximum absolute atomic E-state index is 7.44. The van der Waals surface area contributed by atoms with Crippen LogP contribution in [0, 0.1) is 0 Å². The van der Waals surface area contributed by atoms with Gasteiger partial charge in [-0.05, 0) is 89.0 Å². The van der Waals surface area contributed by atoms with E-state index in [0.29, 0.717) is 0 Å². The van der Waals surface area contributed by atoms with Crippen molar-refractivity contribution in [3.63, 3.8) is 0 Å². The maximum Gasteiger partial charge on any atom is 0.0618 e. The minimum absolute atomic E-state index is 0.0756. The van der Waals surface area contributed by atoms with Gasteiger partial charge in [-0.25, -0.2) is 0 Å². The highest BCUT2D eigenvalue weighted by Crippen LogP contribution is 2.64. The second kappa shape index (κ2) is 8.43. The average molecular weight is 628 g/mol. The molecule has 0 heterocycles. The lowest BCUT2D eigenvalue weighted by Gasteiger charge is -2.50. The fourth-order valence-electron chi connectivity index (χ4n) is 11.0. The lowest BCUT2D eigenvalue weighted by molar-refractivity contribution is 0.529. The van der Waals surface area contributed by atoms with Crippen LogP contribution in [0.3, 0.4) is 0 Å². The van der Waals surface area contributed by atoms with Crippen molar-refractivity contribution in [3.05, 3.63) is 210 Å². The molecule has 2 heteroatoms. The van der Waals surface area contributed by atoms with Crippen molar-refractivity contribution in [2.45, 2.75) is 46.3 Å². The Kier molecular flexibility index (Phi) is 4.59. The van der Waals surface area contributed by atoms with Gasteiger partial charge in [0.25, 0.3) is 0 Å². The van der Waals surface area contributed by atoms with Gasteiger partial charge in [-0.1, -0.05) is 121 Å². The molecule has 0 spiro atoms. The predicted octanol–water partition coefficient (Wildman–Crippen LogP) is 10.5. The van der Waals surface area contributed by atoms with Gasteiger partial charge in [0, 0.05) is 35.5 Å². The SMILES string of the molecule is ClC1C2c3cc4c(cc3C(c3cc5c(cc32)C2c3ccccc3C5c3ccccc32)C1Cl)C1c2ccccc2C4c2ccccc21. The monoisotopic (exact) mass is 626 g/mol. The van der Waals surface area contributed by atoms with E-state index in [1.165, 1.54) is 89.0 Å². The van der Waals surface area contributed by atoms with Crippen LogP contribution in [-0.2, 0) is 0 Å². The molecule has 9 aliphatic rings. The first-order valence-corrected chi connectivity index (χ1v) is 17.5. The molecular formula is C44H28Cl2. The second-order valence-corrected chi connectivity index (χ2v) is 15.3. The molecule has 46 heavy (non-hydrogen) atoms. The first-order valence-electron chi connectivity index (χ1n) is 16.7. The zero-order chi connectivity index (χ0) is 30.0. The van der Waals surface area contributed by atoms with Crippen LogP contribution in [0.2, 0.25) is 0 Å². The van der Waals surface area contributed by atoms with Gasteiger partial charge in [0.05, 0.1) is 10.8 Å². The number of benzene rings is 6. The summed E-state index contributed by atoms with van der Waals surface area (Å²) in [6, 6.07) is 46.7. The smallest absolute Gasteiger partial charge is 0.0618 e. The van der Waals surface area contributed by atoms with Crippen LogP contribution in [0.5, 0.6) is 0 Å².